The van der Waals surface area contributed by atoms with E-state index in [0.717, 1.165) is 16.5 Å². The highest BCUT2D eigenvalue weighted by Gasteiger charge is 2.40. The maximum Gasteiger partial charge on any atom is 0.331 e. The standard InChI is InChI=1S/C29H31N5O5/c1-19-12-24(15-33(19)18-30)39-29(37)27-16-32(10-11-34(27)20(2)35)28(36)26-14-22-13-23(8-9-25(22)31-26)38-17-21-6-4-3-5-7-21/h3-9,13-14,19,24,27,31H,10-12,15-17H2,1-2H3/t19-,24+,27-/m1/s1. The number of nitriles is 1. The number of benzene rings is 2. The predicted octanol–water partition coefficient (Wildman–Crippen LogP) is 2.91. The average molecular weight is 530 g/mol. The van der Waals surface area contributed by atoms with Crippen LogP contribution in [0.3, 0.4) is 0 Å². The molecule has 0 spiro atoms. The van der Waals surface area contributed by atoms with Crippen molar-refractivity contribution in [2.45, 2.75) is 45.1 Å². The molecule has 1 N–H and O–H groups in total. The lowest BCUT2D eigenvalue weighted by atomic mass is 10.1. The van der Waals surface area contributed by atoms with Gasteiger partial charge in [-0.15, -0.1) is 0 Å². The van der Waals surface area contributed by atoms with Gasteiger partial charge in [-0.1, -0.05) is 30.3 Å². The van der Waals surface area contributed by atoms with E-state index in [1.165, 1.54) is 11.8 Å². The summed E-state index contributed by atoms with van der Waals surface area (Å²) in [5.74, 6) is -0.379. The Balaban J connectivity index is 1.27. The lowest BCUT2D eigenvalue weighted by Gasteiger charge is -2.39. The van der Waals surface area contributed by atoms with E-state index < -0.39 is 18.1 Å². The first kappa shape index (κ1) is 26.1. The third kappa shape index (κ3) is 5.67. The highest BCUT2D eigenvalue weighted by molar-refractivity contribution is 5.99. The zero-order valence-corrected chi connectivity index (χ0v) is 22.0. The third-order valence-corrected chi connectivity index (χ3v) is 7.36. The van der Waals surface area contributed by atoms with E-state index in [-0.39, 0.29) is 30.9 Å². The van der Waals surface area contributed by atoms with Crippen LogP contribution in [0.25, 0.3) is 10.9 Å². The maximum absolute atomic E-state index is 13.4. The number of rotatable bonds is 6. The number of hydrogen-bond acceptors (Lipinski definition) is 7. The number of hydrogen-bond donors (Lipinski definition) is 1. The maximum atomic E-state index is 13.4. The third-order valence-electron chi connectivity index (χ3n) is 7.36. The highest BCUT2D eigenvalue weighted by atomic mass is 16.5. The molecule has 202 valence electrons. The van der Waals surface area contributed by atoms with Crippen LogP contribution in [-0.4, -0.2) is 81.8 Å². The zero-order valence-electron chi connectivity index (χ0n) is 22.0. The number of aromatic amines is 1. The molecular weight excluding hydrogens is 498 g/mol. The van der Waals surface area contributed by atoms with Gasteiger partial charge < -0.3 is 29.2 Å². The molecule has 3 aromatic rings. The van der Waals surface area contributed by atoms with Gasteiger partial charge in [-0.2, -0.15) is 5.26 Å². The number of likely N-dealkylation sites (tertiary alicyclic amines) is 1. The molecule has 0 aliphatic carbocycles. The Morgan fingerprint density at radius 3 is 2.59 bits per heavy atom. The van der Waals surface area contributed by atoms with Crippen molar-refractivity contribution in [2.24, 2.45) is 0 Å². The average Bonchev–Trinajstić information content (AvgIpc) is 3.53. The van der Waals surface area contributed by atoms with Crippen LogP contribution >= 0.6 is 0 Å². The molecule has 2 aromatic carbocycles. The Bertz CT molecular complexity index is 1410. The summed E-state index contributed by atoms with van der Waals surface area (Å²) in [5, 5.41) is 10.1. The Labute approximate surface area is 226 Å². The number of ether oxygens (including phenoxy) is 2. The number of H-pyrrole nitrogens is 1. The second-order valence-electron chi connectivity index (χ2n) is 10.1. The quantitative estimate of drug-likeness (QED) is 0.385. The van der Waals surface area contributed by atoms with Gasteiger partial charge in [0.05, 0.1) is 13.1 Å². The molecule has 1 aromatic heterocycles. The molecule has 2 aliphatic rings. The Morgan fingerprint density at radius 1 is 1.08 bits per heavy atom. The Kier molecular flexibility index (Phi) is 7.41. The van der Waals surface area contributed by atoms with Gasteiger partial charge in [0, 0.05) is 43.4 Å². The monoisotopic (exact) mass is 529 g/mol. The van der Waals surface area contributed by atoms with Crippen LogP contribution in [0.4, 0.5) is 0 Å². The number of aromatic nitrogens is 1. The highest BCUT2D eigenvalue weighted by Crippen LogP contribution is 2.25. The first-order valence-corrected chi connectivity index (χ1v) is 13.0. The van der Waals surface area contributed by atoms with Crippen molar-refractivity contribution >= 4 is 28.7 Å². The summed E-state index contributed by atoms with van der Waals surface area (Å²) in [5.41, 5.74) is 2.24. The summed E-state index contributed by atoms with van der Waals surface area (Å²) < 4.78 is 11.6. The second-order valence-corrected chi connectivity index (χ2v) is 10.1. The molecule has 3 heterocycles. The van der Waals surface area contributed by atoms with Gasteiger partial charge in [0.2, 0.25) is 5.91 Å². The molecule has 39 heavy (non-hydrogen) atoms. The number of carbonyl (C=O) groups excluding carboxylic acids is 3. The number of nitrogens with zero attached hydrogens (tertiary/aromatic N) is 4. The first-order chi connectivity index (χ1) is 18.8. The molecule has 0 bridgehead atoms. The fraction of sp³-hybridized carbons (Fsp3) is 0.379. The molecule has 10 heteroatoms. The van der Waals surface area contributed by atoms with E-state index in [1.54, 1.807) is 15.9 Å². The van der Waals surface area contributed by atoms with Gasteiger partial charge in [-0.05, 0) is 36.8 Å². The summed E-state index contributed by atoms with van der Waals surface area (Å²) in [4.78, 5) is 46.6. The van der Waals surface area contributed by atoms with Crippen molar-refractivity contribution in [2.75, 3.05) is 26.2 Å². The number of piperazine rings is 1. The van der Waals surface area contributed by atoms with Crippen molar-refractivity contribution in [1.29, 1.82) is 5.26 Å². The molecular formula is C29H31N5O5. The molecule has 0 unspecified atom stereocenters. The van der Waals surface area contributed by atoms with Crippen LogP contribution in [0, 0.1) is 11.5 Å². The second kappa shape index (κ2) is 11.1. The molecule has 5 rings (SSSR count). The summed E-state index contributed by atoms with van der Waals surface area (Å²) in [6, 6.07) is 16.3. The number of esters is 1. The van der Waals surface area contributed by atoms with Crippen LogP contribution in [0.2, 0.25) is 0 Å². The largest absolute Gasteiger partial charge is 0.489 e. The van der Waals surface area contributed by atoms with Gasteiger partial charge in [0.25, 0.3) is 5.91 Å². The summed E-state index contributed by atoms with van der Waals surface area (Å²) in [6.07, 6.45) is 2.22. The molecule has 2 saturated heterocycles. The summed E-state index contributed by atoms with van der Waals surface area (Å²) >= 11 is 0. The zero-order chi connectivity index (χ0) is 27.5. The lowest BCUT2D eigenvalue weighted by Crippen LogP contribution is -2.59. The van der Waals surface area contributed by atoms with E-state index in [2.05, 4.69) is 11.2 Å². The number of fused-ring (bicyclic) bond motifs is 1. The minimum atomic E-state index is -0.908. The van der Waals surface area contributed by atoms with E-state index >= 15 is 0 Å². The fourth-order valence-electron chi connectivity index (χ4n) is 5.22. The van der Waals surface area contributed by atoms with E-state index in [4.69, 9.17) is 9.47 Å². The number of nitrogens with one attached hydrogen (secondary N) is 1. The molecule has 3 atom stereocenters. The molecule has 2 amide bonds. The minimum absolute atomic E-state index is 0.0209. The van der Waals surface area contributed by atoms with Crippen molar-refractivity contribution in [3.05, 3.63) is 65.9 Å². The van der Waals surface area contributed by atoms with Crippen LogP contribution in [0.5, 0.6) is 5.75 Å². The molecule has 10 nitrogen and oxygen atoms in total. The summed E-state index contributed by atoms with van der Waals surface area (Å²) in [6.45, 7) is 4.62. The Hall–Kier alpha value is -4.52. The molecule has 2 aliphatic heterocycles. The van der Waals surface area contributed by atoms with Crippen LogP contribution < -0.4 is 4.74 Å². The first-order valence-electron chi connectivity index (χ1n) is 13.0. The van der Waals surface area contributed by atoms with E-state index in [0.29, 0.717) is 37.6 Å². The topological polar surface area (TPSA) is 119 Å². The molecule has 0 saturated carbocycles. The van der Waals surface area contributed by atoms with Crippen LogP contribution in [0.15, 0.2) is 54.6 Å². The van der Waals surface area contributed by atoms with Gasteiger partial charge in [-0.25, -0.2) is 4.79 Å². The van der Waals surface area contributed by atoms with E-state index in [9.17, 15) is 19.6 Å². The number of amides is 2. The van der Waals surface area contributed by atoms with Crippen molar-refractivity contribution in [3.8, 4) is 11.9 Å². The van der Waals surface area contributed by atoms with Gasteiger partial charge in [0.15, 0.2) is 6.19 Å². The summed E-state index contributed by atoms with van der Waals surface area (Å²) in [7, 11) is 0. The predicted molar refractivity (Wildman–Crippen MR) is 142 cm³/mol. The smallest absolute Gasteiger partial charge is 0.331 e. The minimum Gasteiger partial charge on any atom is -0.489 e. The van der Waals surface area contributed by atoms with Crippen LogP contribution in [0.1, 0.15) is 36.3 Å². The SMILES string of the molecule is CC(=O)N1CCN(C(=O)c2cc3cc(OCc4ccccc4)ccc3[nH]2)C[C@@H]1C(=O)O[C@H]1C[C@@H](C)N(C#N)C1. The van der Waals surface area contributed by atoms with Crippen molar-refractivity contribution in [1.82, 2.24) is 19.7 Å². The normalized spacial score (nSPS) is 21.1. The van der Waals surface area contributed by atoms with Gasteiger partial charge >= 0.3 is 5.97 Å². The lowest BCUT2D eigenvalue weighted by molar-refractivity contribution is -0.161. The van der Waals surface area contributed by atoms with Gasteiger partial charge in [0.1, 0.15) is 30.2 Å². The van der Waals surface area contributed by atoms with Crippen molar-refractivity contribution in [3.63, 3.8) is 0 Å². The van der Waals surface area contributed by atoms with Crippen molar-refractivity contribution < 1.29 is 23.9 Å². The molecule has 2 fully saturated rings. The van der Waals surface area contributed by atoms with Crippen LogP contribution in [-0.2, 0) is 20.9 Å². The van der Waals surface area contributed by atoms with E-state index in [1.807, 2.05) is 55.5 Å². The Morgan fingerprint density at radius 2 is 1.87 bits per heavy atom. The fourth-order valence-corrected chi connectivity index (χ4v) is 5.22. The number of carbonyl (C=O) groups is 3. The molecule has 0 radical (unpaired) electrons. The van der Waals surface area contributed by atoms with Gasteiger partial charge in [-0.3, -0.25) is 9.59 Å².